The first kappa shape index (κ1) is 15.2. The van der Waals surface area contributed by atoms with Crippen LogP contribution in [0.15, 0.2) is 18.2 Å². The molecule has 1 aromatic rings. The van der Waals surface area contributed by atoms with E-state index in [1.807, 2.05) is 0 Å². The van der Waals surface area contributed by atoms with Crippen molar-refractivity contribution in [1.82, 2.24) is 10.6 Å². The normalized spacial score (nSPS) is 20.3. The fourth-order valence-corrected chi connectivity index (χ4v) is 1.87. The summed E-state index contributed by atoms with van der Waals surface area (Å²) in [6, 6.07) is 2.92. The van der Waals surface area contributed by atoms with Gasteiger partial charge in [-0.3, -0.25) is 0 Å². The topological polar surface area (TPSA) is 24.1 Å². The molecule has 0 bridgehead atoms. The zero-order chi connectivity index (χ0) is 12.5. The van der Waals surface area contributed by atoms with Gasteiger partial charge in [0, 0.05) is 25.7 Å². The van der Waals surface area contributed by atoms with Crippen LogP contribution < -0.4 is 10.6 Å². The maximum absolute atomic E-state index is 13.3. The molecular formula is C11H13ClF4N2. The van der Waals surface area contributed by atoms with Gasteiger partial charge in [0.1, 0.15) is 5.82 Å². The standard InChI is InChI=1S/C11H12F4N2.ClH/c12-9-5-7(10-6-16-3-4-17-10)1-2-8(9)11(13,14)15;/h1-2,5,10,16-17H,3-4,6H2;1H/t10-;/m0./s1. The van der Waals surface area contributed by atoms with Gasteiger partial charge >= 0.3 is 6.18 Å². The Morgan fingerprint density at radius 3 is 2.39 bits per heavy atom. The van der Waals surface area contributed by atoms with Crippen molar-refractivity contribution >= 4 is 12.4 Å². The average molecular weight is 285 g/mol. The van der Waals surface area contributed by atoms with Crippen LogP contribution in [-0.2, 0) is 6.18 Å². The number of nitrogens with one attached hydrogen (secondary N) is 2. The number of hydrogen-bond acceptors (Lipinski definition) is 2. The number of alkyl halides is 3. The first-order valence-corrected chi connectivity index (χ1v) is 5.29. The lowest BCUT2D eigenvalue weighted by atomic mass is 10.0. The third-order valence-corrected chi connectivity index (χ3v) is 2.74. The average Bonchev–Trinajstić information content (AvgIpc) is 2.28. The van der Waals surface area contributed by atoms with Crippen LogP contribution in [0, 0.1) is 5.82 Å². The van der Waals surface area contributed by atoms with Gasteiger partial charge in [0.05, 0.1) is 5.56 Å². The minimum Gasteiger partial charge on any atom is -0.314 e. The first-order chi connectivity index (χ1) is 7.98. The summed E-state index contributed by atoms with van der Waals surface area (Å²) in [6.07, 6.45) is -4.64. The number of benzene rings is 1. The van der Waals surface area contributed by atoms with Gasteiger partial charge in [0.15, 0.2) is 0 Å². The van der Waals surface area contributed by atoms with Crippen LogP contribution in [0.5, 0.6) is 0 Å². The molecule has 102 valence electrons. The Morgan fingerprint density at radius 2 is 1.89 bits per heavy atom. The van der Waals surface area contributed by atoms with Crippen molar-refractivity contribution in [3.05, 3.63) is 35.1 Å². The van der Waals surface area contributed by atoms with Gasteiger partial charge in [-0.15, -0.1) is 12.4 Å². The van der Waals surface area contributed by atoms with E-state index in [9.17, 15) is 17.6 Å². The summed E-state index contributed by atoms with van der Waals surface area (Å²) in [5, 5.41) is 6.20. The maximum Gasteiger partial charge on any atom is 0.419 e. The smallest absolute Gasteiger partial charge is 0.314 e. The molecule has 1 atom stereocenters. The molecule has 0 aromatic heterocycles. The van der Waals surface area contributed by atoms with Crippen LogP contribution in [0.4, 0.5) is 17.6 Å². The lowest BCUT2D eigenvalue weighted by molar-refractivity contribution is -0.140. The Kier molecular flexibility index (Phi) is 4.95. The van der Waals surface area contributed by atoms with Gasteiger partial charge in [-0.1, -0.05) is 6.07 Å². The van der Waals surface area contributed by atoms with Crippen molar-refractivity contribution in [3.8, 4) is 0 Å². The van der Waals surface area contributed by atoms with E-state index in [-0.39, 0.29) is 18.4 Å². The second-order valence-electron chi connectivity index (χ2n) is 3.95. The summed E-state index contributed by atoms with van der Waals surface area (Å²) < 4.78 is 50.4. The molecule has 0 aliphatic carbocycles. The monoisotopic (exact) mass is 284 g/mol. The zero-order valence-electron chi connectivity index (χ0n) is 9.35. The molecule has 1 fully saturated rings. The summed E-state index contributed by atoms with van der Waals surface area (Å²) in [5.41, 5.74) is -0.687. The molecule has 0 unspecified atom stereocenters. The van der Waals surface area contributed by atoms with E-state index in [0.29, 0.717) is 18.7 Å². The van der Waals surface area contributed by atoms with Crippen LogP contribution in [-0.4, -0.2) is 19.6 Å². The molecule has 1 saturated heterocycles. The molecule has 0 amide bonds. The minimum atomic E-state index is -4.64. The highest BCUT2D eigenvalue weighted by Gasteiger charge is 2.34. The fourth-order valence-electron chi connectivity index (χ4n) is 1.87. The molecule has 2 nitrogen and oxygen atoms in total. The van der Waals surface area contributed by atoms with Gasteiger partial charge in [-0.05, 0) is 17.7 Å². The number of rotatable bonds is 1. The van der Waals surface area contributed by atoms with E-state index in [1.165, 1.54) is 6.07 Å². The molecule has 7 heteroatoms. The van der Waals surface area contributed by atoms with Crippen molar-refractivity contribution in [3.63, 3.8) is 0 Å². The molecule has 1 aliphatic heterocycles. The van der Waals surface area contributed by atoms with Gasteiger partial charge in [0.2, 0.25) is 0 Å². The van der Waals surface area contributed by atoms with Crippen molar-refractivity contribution in [2.75, 3.05) is 19.6 Å². The highest BCUT2D eigenvalue weighted by molar-refractivity contribution is 5.85. The second-order valence-corrected chi connectivity index (χ2v) is 3.95. The molecule has 1 aromatic carbocycles. The van der Waals surface area contributed by atoms with E-state index in [2.05, 4.69) is 10.6 Å². The van der Waals surface area contributed by atoms with Crippen molar-refractivity contribution < 1.29 is 17.6 Å². The third-order valence-electron chi connectivity index (χ3n) is 2.74. The number of hydrogen-bond donors (Lipinski definition) is 2. The fraction of sp³-hybridized carbons (Fsp3) is 0.455. The molecule has 18 heavy (non-hydrogen) atoms. The Morgan fingerprint density at radius 1 is 1.17 bits per heavy atom. The Balaban J connectivity index is 0.00000162. The van der Waals surface area contributed by atoms with Crippen LogP contribution >= 0.6 is 12.4 Å². The summed E-state index contributed by atoms with van der Waals surface area (Å²) in [6.45, 7) is 2.11. The molecule has 0 spiro atoms. The van der Waals surface area contributed by atoms with Crippen LogP contribution in [0.3, 0.4) is 0 Å². The minimum absolute atomic E-state index is 0. The molecule has 0 saturated carbocycles. The first-order valence-electron chi connectivity index (χ1n) is 5.29. The molecular weight excluding hydrogens is 272 g/mol. The third kappa shape index (κ3) is 3.34. The predicted octanol–water partition coefficient (Wildman–Crippen LogP) is 2.50. The van der Waals surface area contributed by atoms with Crippen molar-refractivity contribution in [2.45, 2.75) is 12.2 Å². The van der Waals surface area contributed by atoms with Gasteiger partial charge in [-0.25, -0.2) is 4.39 Å². The highest BCUT2D eigenvalue weighted by atomic mass is 35.5. The number of piperazine rings is 1. The van der Waals surface area contributed by atoms with Crippen molar-refractivity contribution in [2.24, 2.45) is 0 Å². The van der Waals surface area contributed by atoms with Crippen molar-refractivity contribution in [1.29, 1.82) is 0 Å². The van der Waals surface area contributed by atoms with Crippen LogP contribution in [0.1, 0.15) is 17.2 Å². The quantitative estimate of drug-likeness (QED) is 0.774. The summed E-state index contributed by atoms with van der Waals surface area (Å²) >= 11 is 0. The van der Waals surface area contributed by atoms with E-state index in [0.717, 1.165) is 18.7 Å². The van der Waals surface area contributed by atoms with E-state index in [1.54, 1.807) is 0 Å². The van der Waals surface area contributed by atoms with Crippen LogP contribution in [0.2, 0.25) is 0 Å². The maximum atomic E-state index is 13.3. The molecule has 2 N–H and O–H groups in total. The van der Waals surface area contributed by atoms with Gasteiger partial charge in [-0.2, -0.15) is 13.2 Å². The SMILES string of the molecule is Cl.Fc1cc([C@@H]2CNCCN2)ccc1C(F)(F)F. The molecule has 2 rings (SSSR count). The largest absolute Gasteiger partial charge is 0.419 e. The predicted molar refractivity (Wildman–Crippen MR) is 62.3 cm³/mol. The Labute approximate surface area is 108 Å². The second kappa shape index (κ2) is 5.86. The summed E-state index contributed by atoms with van der Waals surface area (Å²) in [7, 11) is 0. The summed E-state index contributed by atoms with van der Waals surface area (Å²) in [5.74, 6) is -1.22. The lowest BCUT2D eigenvalue weighted by Crippen LogP contribution is -2.42. The summed E-state index contributed by atoms with van der Waals surface area (Å²) in [4.78, 5) is 0. The Hall–Kier alpha value is -0.850. The number of halogens is 5. The van der Waals surface area contributed by atoms with E-state index >= 15 is 0 Å². The molecule has 0 radical (unpaired) electrons. The van der Waals surface area contributed by atoms with Gasteiger partial charge < -0.3 is 10.6 Å². The van der Waals surface area contributed by atoms with Crippen LogP contribution in [0.25, 0.3) is 0 Å². The molecule has 1 aliphatic rings. The zero-order valence-corrected chi connectivity index (χ0v) is 10.2. The van der Waals surface area contributed by atoms with Gasteiger partial charge in [0.25, 0.3) is 0 Å². The lowest BCUT2D eigenvalue weighted by Gasteiger charge is -2.25. The van der Waals surface area contributed by atoms with E-state index in [4.69, 9.17) is 0 Å². The Bertz CT molecular complexity index is 403. The highest BCUT2D eigenvalue weighted by Crippen LogP contribution is 2.32. The molecule has 1 heterocycles. The van der Waals surface area contributed by atoms with E-state index < -0.39 is 17.6 Å².